The van der Waals surface area contributed by atoms with Crippen molar-refractivity contribution in [1.29, 1.82) is 5.26 Å². The zero-order valence-electron chi connectivity index (χ0n) is 12.4. The molecule has 1 rings (SSSR count). The molecule has 19 heavy (non-hydrogen) atoms. The summed E-state index contributed by atoms with van der Waals surface area (Å²) in [6.45, 7) is 7.26. The van der Waals surface area contributed by atoms with E-state index in [9.17, 15) is 0 Å². The normalized spacial score (nSPS) is 12.8. The molecule has 0 heterocycles. The highest BCUT2D eigenvalue weighted by atomic mass is 16.5. The number of rotatable bonds is 7. The van der Waals surface area contributed by atoms with Crippen LogP contribution in [0, 0.1) is 16.7 Å². The largest absolute Gasteiger partial charge is 0.384 e. The van der Waals surface area contributed by atoms with E-state index in [0.29, 0.717) is 6.42 Å². The van der Waals surface area contributed by atoms with E-state index in [4.69, 9.17) is 10.00 Å². The third-order valence-corrected chi connectivity index (χ3v) is 3.39. The van der Waals surface area contributed by atoms with Crippen LogP contribution in [0.2, 0.25) is 0 Å². The number of nitrogens with zero attached hydrogens (tertiary/aromatic N) is 1. The maximum atomic E-state index is 8.66. The summed E-state index contributed by atoms with van der Waals surface area (Å²) in [7, 11) is 1.72. The number of hydrogen-bond acceptors (Lipinski definition) is 3. The predicted octanol–water partition coefficient (Wildman–Crippen LogP) is 4.14. The summed E-state index contributed by atoms with van der Waals surface area (Å²) in [4.78, 5) is 0. The topological polar surface area (TPSA) is 45.0 Å². The zero-order valence-corrected chi connectivity index (χ0v) is 12.4. The second kappa shape index (κ2) is 7.16. The Morgan fingerprint density at radius 2 is 2.16 bits per heavy atom. The molecule has 0 saturated heterocycles. The van der Waals surface area contributed by atoms with Crippen LogP contribution in [0.25, 0.3) is 0 Å². The summed E-state index contributed by atoms with van der Waals surface area (Å²) in [5.74, 6) is 0. The van der Waals surface area contributed by atoms with E-state index in [-0.39, 0.29) is 11.5 Å². The van der Waals surface area contributed by atoms with Crippen molar-refractivity contribution in [3.8, 4) is 6.07 Å². The van der Waals surface area contributed by atoms with Crippen LogP contribution in [0.5, 0.6) is 0 Å². The standard InChI is InChI=1S/C16H24N2O/c1-13(19-4)14-7-5-8-15(11-14)18-12-16(2,3)9-6-10-17/h5,7-8,11,13,18H,6,9,12H2,1-4H3/t13-/m0/s1. The third kappa shape index (κ3) is 5.32. The first-order chi connectivity index (χ1) is 8.98. The fourth-order valence-corrected chi connectivity index (χ4v) is 1.86. The molecule has 1 aromatic carbocycles. The van der Waals surface area contributed by atoms with Crippen LogP contribution in [0.4, 0.5) is 5.69 Å². The van der Waals surface area contributed by atoms with Crippen LogP contribution in [0.3, 0.4) is 0 Å². The second-order valence-corrected chi connectivity index (χ2v) is 5.68. The van der Waals surface area contributed by atoms with Crippen LogP contribution in [0.15, 0.2) is 24.3 Å². The molecule has 1 N–H and O–H groups in total. The minimum Gasteiger partial charge on any atom is -0.384 e. The second-order valence-electron chi connectivity index (χ2n) is 5.68. The summed E-state index contributed by atoms with van der Waals surface area (Å²) in [6.07, 6.45) is 1.62. The average molecular weight is 260 g/mol. The van der Waals surface area contributed by atoms with Crippen LogP contribution in [-0.4, -0.2) is 13.7 Å². The van der Waals surface area contributed by atoms with Gasteiger partial charge in [-0.25, -0.2) is 0 Å². The number of nitrogens with one attached hydrogen (secondary N) is 1. The minimum absolute atomic E-state index is 0.105. The van der Waals surface area contributed by atoms with Gasteiger partial charge in [-0.2, -0.15) is 5.26 Å². The lowest BCUT2D eigenvalue weighted by atomic mass is 9.88. The fraction of sp³-hybridized carbons (Fsp3) is 0.562. The molecule has 1 aromatic rings. The van der Waals surface area contributed by atoms with Gasteiger partial charge in [0.05, 0.1) is 12.2 Å². The number of anilines is 1. The number of methoxy groups -OCH3 is 1. The molecule has 0 fully saturated rings. The van der Waals surface area contributed by atoms with E-state index in [0.717, 1.165) is 18.7 Å². The van der Waals surface area contributed by atoms with Crippen molar-refractivity contribution in [3.05, 3.63) is 29.8 Å². The molecule has 0 aliphatic rings. The van der Waals surface area contributed by atoms with Crippen molar-refractivity contribution in [1.82, 2.24) is 0 Å². The SMILES string of the molecule is CO[C@@H](C)c1cccc(NCC(C)(C)CCC#N)c1. The summed E-state index contributed by atoms with van der Waals surface area (Å²) >= 11 is 0. The van der Waals surface area contributed by atoms with E-state index in [1.165, 1.54) is 5.56 Å². The van der Waals surface area contributed by atoms with Gasteiger partial charge in [-0.05, 0) is 36.5 Å². The molecule has 0 unspecified atom stereocenters. The maximum absolute atomic E-state index is 8.66. The highest BCUT2D eigenvalue weighted by molar-refractivity contribution is 5.46. The number of benzene rings is 1. The lowest BCUT2D eigenvalue weighted by Crippen LogP contribution is -2.22. The lowest BCUT2D eigenvalue weighted by Gasteiger charge is -2.24. The average Bonchev–Trinajstić information content (AvgIpc) is 2.42. The first-order valence-electron chi connectivity index (χ1n) is 6.72. The van der Waals surface area contributed by atoms with E-state index in [2.05, 4.69) is 43.4 Å². The van der Waals surface area contributed by atoms with Gasteiger partial charge in [0, 0.05) is 25.8 Å². The Morgan fingerprint density at radius 3 is 2.79 bits per heavy atom. The van der Waals surface area contributed by atoms with Crippen LogP contribution >= 0.6 is 0 Å². The summed E-state index contributed by atoms with van der Waals surface area (Å²) in [6, 6.07) is 10.5. The fourth-order valence-electron chi connectivity index (χ4n) is 1.86. The van der Waals surface area contributed by atoms with Crippen molar-refractivity contribution in [2.24, 2.45) is 5.41 Å². The Morgan fingerprint density at radius 1 is 1.42 bits per heavy atom. The Balaban J connectivity index is 2.60. The van der Waals surface area contributed by atoms with Crippen molar-refractivity contribution < 1.29 is 4.74 Å². The highest BCUT2D eigenvalue weighted by Crippen LogP contribution is 2.24. The highest BCUT2D eigenvalue weighted by Gasteiger charge is 2.17. The minimum atomic E-state index is 0.105. The smallest absolute Gasteiger partial charge is 0.0793 e. The van der Waals surface area contributed by atoms with Crippen molar-refractivity contribution in [3.63, 3.8) is 0 Å². The zero-order chi connectivity index (χ0) is 14.3. The van der Waals surface area contributed by atoms with Gasteiger partial charge in [0.2, 0.25) is 0 Å². The first kappa shape index (κ1) is 15.5. The lowest BCUT2D eigenvalue weighted by molar-refractivity contribution is 0.119. The molecule has 0 bridgehead atoms. The Kier molecular flexibility index (Phi) is 5.85. The van der Waals surface area contributed by atoms with E-state index >= 15 is 0 Å². The summed E-state index contributed by atoms with van der Waals surface area (Å²) in [5.41, 5.74) is 2.40. The first-order valence-corrected chi connectivity index (χ1v) is 6.72. The van der Waals surface area contributed by atoms with Gasteiger partial charge in [0.15, 0.2) is 0 Å². The molecule has 104 valence electrons. The summed E-state index contributed by atoms with van der Waals surface area (Å²) < 4.78 is 5.33. The van der Waals surface area contributed by atoms with E-state index in [1.54, 1.807) is 7.11 Å². The molecule has 3 heteroatoms. The van der Waals surface area contributed by atoms with Gasteiger partial charge in [0.1, 0.15) is 0 Å². The molecule has 0 radical (unpaired) electrons. The molecule has 0 aromatic heterocycles. The van der Waals surface area contributed by atoms with Crippen LogP contribution in [-0.2, 0) is 4.74 Å². The van der Waals surface area contributed by atoms with Crippen molar-refractivity contribution in [2.75, 3.05) is 19.0 Å². The van der Waals surface area contributed by atoms with Gasteiger partial charge in [-0.15, -0.1) is 0 Å². The van der Waals surface area contributed by atoms with Crippen LogP contribution in [0.1, 0.15) is 45.3 Å². The van der Waals surface area contributed by atoms with Crippen molar-refractivity contribution >= 4 is 5.69 Å². The molecule has 0 spiro atoms. The molecular weight excluding hydrogens is 236 g/mol. The molecule has 0 aliphatic carbocycles. The quantitative estimate of drug-likeness (QED) is 0.801. The van der Waals surface area contributed by atoms with Gasteiger partial charge in [-0.1, -0.05) is 26.0 Å². The molecule has 1 atom stereocenters. The van der Waals surface area contributed by atoms with Crippen molar-refractivity contribution in [2.45, 2.75) is 39.7 Å². The number of nitriles is 1. The predicted molar refractivity (Wildman–Crippen MR) is 79.0 cm³/mol. The molecule has 0 aliphatic heterocycles. The molecular formula is C16H24N2O. The molecule has 0 saturated carbocycles. The number of hydrogen-bond donors (Lipinski definition) is 1. The van der Waals surface area contributed by atoms with E-state index < -0.39 is 0 Å². The molecule has 3 nitrogen and oxygen atoms in total. The Labute approximate surface area is 116 Å². The van der Waals surface area contributed by atoms with Crippen LogP contribution < -0.4 is 5.32 Å². The molecule has 0 amide bonds. The maximum Gasteiger partial charge on any atom is 0.0793 e. The van der Waals surface area contributed by atoms with Gasteiger partial charge < -0.3 is 10.1 Å². The van der Waals surface area contributed by atoms with Gasteiger partial charge in [-0.3, -0.25) is 0 Å². The third-order valence-electron chi connectivity index (χ3n) is 3.39. The van der Waals surface area contributed by atoms with E-state index in [1.807, 2.05) is 13.0 Å². The van der Waals surface area contributed by atoms with Gasteiger partial charge >= 0.3 is 0 Å². The Bertz CT molecular complexity index is 435. The summed E-state index contributed by atoms with van der Waals surface area (Å²) in [5, 5.41) is 12.1. The Hall–Kier alpha value is -1.53. The monoisotopic (exact) mass is 260 g/mol. The van der Waals surface area contributed by atoms with Gasteiger partial charge in [0.25, 0.3) is 0 Å². The number of ether oxygens (including phenoxy) is 1.